The van der Waals surface area contributed by atoms with Crippen molar-refractivity contribution in [3.8, 4) is 0 Å². The zero-order valence-corrected chi connectivity index (χ0v) is 17.6. The van der Waals surface area contributed by atoms with Crippen LogP contribution in [0.15, 0.2) is 30.5 Å². The molecule has 2 heterocycles. The van der Waals surface area contributed by atoms with Crippen molar-refractivity contribution in [1.82, 2.24) is 20.5 Å². The van der Waals surface area contributed by atoms with Crippen molar-refractivity contribution < 1.29 is 14.3 Å². The van der Waals surface area contributed by atoms with E-state index in [-0.39, 0.29) is 5.91 Å². The summed E-state index contributed by atoms with van der Waals surface area (Å²) >= 11 is 0. The second-order valence-corrected chi connectivity index (χ2v) is 8.60. The number of rotatable bonds is 7. The quantitative estimate of drug-likeness (QED) is 0.667. The first-order valence-corrected chi connectivity index (χ1v) is 10.4. The third kappa shape index (κ3) is 6.22. The molecule has 1 aliphatic rings. The zero-order chi connectivity index (χ0) is 20.9. The van der Waals surface area contributed by atoms with E-state index in [2.05, 4.69) is 20.5 Å². The second kappa shape index (κ2) is 9.31. The first-order chi connectivity index (χ1) is 13.8. The summed E-state index contributed by atoms with van der Waals surface area (Å²) in [6.07, 6.45) is 4.14. The molecule has 158 valence electrons. The number of para-hydroxylation sites is 1. The van der Waals surface area contributed by atoms with Crippen LogP contribution >= 0.6 is 0 Å². The molecule has 1 aromatic heterocycles. The summed E-state index contributed by atoms with van der Waals surface area (Å²) in [5, 5.41) is 6.78. The van der Waals surface area contributed by atoms with Gasteiger partial charge in [-0.3, -0.25) is 4.79 Å². The molecule has 1 aromatic carbocycles. The molecule has 2 amide bonds. The smallest absolute Gasteiger partial charge is 0.408 e. The van der Waals surface area contributed by atoms with Crippen LogP contribution in [-0.2, 0) is 16.0 Å². The number of aromatic amines is 1. The van der Waals surface area contributed by atoms with Crippen molar-refractivity contribution in [1.29, 1.82) is 0 Å². The van der Waals surface area contributed by atoms with Crippen molar-refractivity contribution in [2.75, 3.05) is 26.2 Å². The Hall–Kier alpha value is -2.54. The van der Waals surface area contributed by atoms with E-state index in [9.17, 15) is 9.59 Å². The Labute approximate surface area is 172 Å². The highest BCUT2D eigenvalue weighted by Crippen LogP contribution is 2.19. The standard InChI is InChI=1S/C22H32N4O3/c1-22(2,3)29-21(28)25-19(20(27)23-10-13-26-11-6-7-12-26)14-16-15-24-18-9-5-4-8-17(16)18/h4-5,8-9,15,19,24H,6-7,10-14H2,1-3H3,(H,23,27)(H,25,28)/t19-/m1/s1. The molecule has 0 unspecified atom stereocenters. The van der Waals surface area contributed by atoms with Crippen molar-refractivity contribution in [2.45, 2.75) is 51.7 Å². The summed E-state index contributed by atoms with van der Waals surface area (Å²) < 4.78 is 5.36. The Morgan fingerprint density at radius 1 is 1.21 bits per heavy atom. The molecule has 1 fully saturated rings. The van der Waals surface area contributed by atoms with E-state index in [4.69, 9.17) is 4.74 Å². The fraction of sp³-hybridized carbons (Fsp3) is 0.545. The molecule has 3 rings (SSSR count). The van der Waals surface area contributed by atoms with Gasteiger partial charge in [0.2, 0.25) is 5.91 Å². The number of aromatic nitrogens is 1. The molecule has 0 aliphatic carbocycles. The fourth-order valence-electron chi connectivity index (χ4n) is 3.65. The Morgan fingerprint density at radius 2 is 1.93 bits per heavy atom. The van der Waals surface area contributed by atoms with Gasteiger partial charge in [-0.2, -0.15) is 0 Å². The highest BCUT2D eigenvalue weighted by Gasteiger charge is 2.25. The third-order valence-corrected chi connectivity index (χ3v) is 5.03. The number of carbonyl (C=O) groups excluding carboxylic acids is 2. The summed E-state index contributed by atoms with van der Waals surface area (Å²) in [5.74, 6) is -0.194. The van der Waals surface area contributed by atoms with Gasteiger partial charge in [-0.05, 0) is 58.3 Å². The van der Waals surface area contributed by atoms with E-state index >= 15 is 0 Å². The molecule has 7 heteroatoms. The van der Waals surface area contributed by atoms with Crippen LogP contribution in [-0.4, -0.2) is 59.7 Å². The molecule has 1 atom stereocenters. The summed E-state index contributed by atoms with van der Waals surface area (Å²) in [6.45, 7) is 8.99. The monoisotopic (exact) mass is 400 g/mol. The first-order valence-electron chi connectivity index (χ1n) is 10.4. The van der Waals surface area contributed by atoms with Crippen LogP contribution in [0.2, 0.25) is 0 Å². The topological polar surface area (TPSA) is 86.5 Å². The van der Waals surface area contributed by atoms with E-state index in [1.165, 1.54) is 12.8 Å². The number of H-pyrrole nitrogens is 1. The van der Waals surface area contributed by atoms with E-state index in [0.717, 1.165) is 36.1 Å². The van der Waals surface area contributed by atoms with Gasteiger partial charge in [-0.15, -0.1) is 0 Å². The molecule has 1 aliphatic heterocycles. The SMILES string of the molecule is CC(C)(C)OC(=O)N[C@H](Cc1c[nH]c2ccccc12)C(=O)NCCN1CCCC1. The molecule has 1 saturated heterocycles. The maximum atomic E-state index is 12.9. The highest BCUT2D eigenvalue weighted by atomic mass is 16.6. The minimum Gasteiger partial charge on any atom is -0.444 e. The minimum atomic E-state index is -0.706. The van der Waals surface area contributed by atoms with Gasteiger partial charge < -0.3 is 25.3 Å². The zero-order valence-electron chi connectivity index (χ0n) is 17.6. The predicted octanol–water partition coefficient (Wildman–Crippen LogP) is 2.82. The lowest BCUT2D eigenvalue weighted by molar-refractivity contribution is -0.123. The van der Waals surface area contributed by atoms with Gasteiger partial charge in [0.1, 0.15) is 11.6 Å². The number of hydrogen-bond donors (Lipinski definition) is 3. The van der Waals surface area contributed by atoms with Crippen LogP contribution in [0.1, 0.15) is 39.2 Å². The van der Waals surface area contributed by atoms with Crippen LogP contribution < -0.4 is 10.6 Å². The molecular weight excluding hydrogens is 368 g/mol. The summed E-state index contributed by atoms with van der Waals surface area (Å²) in [6, 6.07) is 7.22. The summed E-state index contributed by atoms with van der Waals surface area (Å²) in [5.41, 5.74) is 1.37. The van der Waals surface area contributed by atoms with Crippen LogP contribution in [0, 0.1) is 0 Å². The number of alkyl carbamates (subject to hydrolysis) is 1. The number of hydrogen-bond acceptors (Lipinski definition) is 4. The van der Waals surface area contributed by atoms with Gasteiger partial charge in [-0.1, -0.05) is 18.2 Å². The van der Waals surface area contributed by atoms with Crippen molar-refractivity contribution in [2.24, 2.45) is 0 Å². The average molecular weight is 401 g/mol. The van der Waals surface area contributed by atoms with Crippen LogP contribution in [0.3, 0.4) is 0 Å². The Balaban J connectivity index is 1.66. The number of benzene rings is 1. The molecule has 29 heavy (non-hydrogen) atoms. The fourth-order valence-corrected chi connectivity index (χ4v) is 3.65. The van der Waals surface area contributed by atoms with Gasteiger partial charge in [-0.25, -0.2) is 4.79 Å². The lowest BCUT2D eigenvalue weighted by Gasteiger charge is -2.23. The largest absolute Gasteiger partial charge is 0.444 e. The Morgan fingerprint density at radius 3 is 2.66 bits per heavy atom. The molecule has 7 nitrogen and oxygen atoms in total. The third-order valence-electron chi connectivity index (χ3n) is 5.03. The van der Waals surface area contributed by atoms with E-state index in [1.807, 2.05) is 30.5 Å². The van der Waals surface area contributed by atoms with E-state index in [0.29, 0.717) is 13.0 Å². The highest BCUT2D eigenvalue weighted by molar-refractivity contribution is 5.88. The number of amides is 2. The Kier molecular flexibility index (Phi) is 6.79. The number of nitrogens with zero attached hydrogens (tertiary/aromatic N) is 1. The van der Waals surface area contributed by atoms with E-state index < -0.39 is 17.7 Å². The lowest BCUT2D eigenvalue weighted by Crippen LogP contribution is -2.50. The summed E-state index contributed by atoms with van der Waals surface area (Å²) in [7, 11) is 0. The Bertz CT molecular complexity index is 834. The normalized spacial score (nSPS) is 16.0. The number of likely N-dealkylation sites (tertiary alicyclic amines) is 1. The predicted molar refractivity (Wildman–Crippen MR) is 114 cm³/mol. The van der Waals surface area contributed by atoms with Gasteiger partial charge in [0.05, 0.1) is 0 Å². The minimum absolute atomic E-state index is 0.194. The van der Waals surface area contributed by atoms with Crippen molar-refractivity contribution in [3.63, 3.8) is 0 Å². The van der Waals surface area contributed by atoms with E-state index in [1.54, 1.807) is 20.8 Å². The summed E-state index contributed by atoms with van der Waals surface area (Å²) in [4.78, 5) is 30.8. The van der Waals surface area contributed by atoms with Crippen LogP contribution in [0.25, 0.3) is 10.9 Å². The molecule has 0 spiro atoms. The second-order valence-electron chi connectivity index (χ2n) is 8.60. The molecule has 3 N–H and O–H groups in total. The number of ether oxygens (including phenoxy) is 1. The van der Waals surface area contributed by atoms with Crippen LogP contribution in [0.5, 0.6) is 0 Å². The molecular formula is C22H32N4O3. The maximum Gasteiger partial charge on any atom is 0.408 e. The number of nitrogens with one attached hydrogen (secondary N) is 3. The molecule has 0 bridgehead atoms. The molecule has 0 radical (unpaired) electrons. The van der Waals surface area contributed by atoms with Crippen molar-refractivity contribution in [3.05, 3.63) is 36.0 Å². The van der Waals surface area contributed by atoms with Gasteiger partial charge >= 0.3 is 6.09 Å². The maximum absolute atomic E-state index is 12.9. The van der Waals surface area contributed by atoms with Crippen molar-refractivity contribution >= 4 is 22.9 Å². The molecule has 2 aromatic rings. The lowest BCUT2D eigenvalue weighted by atomic mass is 10.0. The first kappa shape index (κ1) is 21.2. The van der Waals surface area contributed by atoms with Gasteiger partial charge in [0, 0.05) is 36.6 Å². The molecule has 0 saturated carbocycles. The number of carbonyl (C=O) groups is 2. The number of fused-ring (bicyclic) bond motifs is 1. The average Bonchev–Trinajstić information content (AvgIpc) is 3.30. The van der Waals surface area contributed by atoms with Gasteiger partial charge in [0.15, 0.2) is 0 Å². The van der Waals surface area contributed by atoms with Gasteiger partial charge in [0.25, 0.3) is 0 Å². The van der Waals surface area contributed by atoms with Crippen LogP contribution in [0.4, 0.5) is 4.79 Å².